The molecule has 4 N–H and O–H groups in total. The molecule has 5 heteroatoms. The lowest BCUT2D eigenvalue weighted by molar-refractivity contribution is 0.201. The van der Waals surface area contributed by atoms with E-state index in [1.54, 1.807) is 11.8 Å². The summed E-state index contributed by atoms with van der Waals surface area (Å²) in [5.74, 6) is 0. The monoisotopic (exact) mass is 340 g/mol. The van der Waals surface area contributed by atoms with Crippen LogP contribution in [-0.4, -0.2) is 29.5 Å². The van der Waals surface area contributed by atoms with Crippen LogP contribution in [0, 0.1) is 0 Å². The van der Waals surface area contributed by atoms with Crippen LogP contribution in [0.5, 0.6) is 0 Å². The highest BCUT2D eigenvalue weighted by atomic mass is 32.2. The SMILES string of the molecule is Nc1ccc2c(c1)SC(N)N2C1CCN(Cc2ccccc2)CC1. The van der Waals surface area contributed by atoms with Crippen LogP contribution in [0.3, 0.4) is 0 Å². The first-order chi connectivity index (χ1) is 11.7. The summed E-state index contributed by atoms with van der Waals surface area (Å²) in [5, 5.41) is 0. The van der Waals surface area contributed by atoms with Gasteiger partial charge in [0.15, 0.2) is 0 Å². The van der Waals surface area contributed by atoms with E-state index in [4.69, 9.17) is 11.5 Å². The number of likely N-dealkylation sites (tertiary alicyclic amines) is 1. The predicted octanol–water partition coefficient (Wildman–Crippen LogP) is 3.09. The fourth-order valence-corrected chi connectivity index (χ4v) is 4.92. The number of nitrogen functional groups attached to an aromatic ring is 1. The third-order valence-electron chi connectivity index (χ3n) is 4.98. The summed E-state index contributed by atoms with van der Waals surface area (Å²) in [4.78, 5) is 6.17. The molecule has 2 aromatic rings. The van der Waals surface area contributed by atoms with E-state index in [0.717, 1.165) is 38.2 Å². The Hall–Kier alpha value is -1.69. The number of piperidine rings is 1. The van der Waals surface area contributed by atoms with E-state index >= 15 is 0 Å². The van der Waals surface area contributed by atoms with E-state index in [0.29, 0.717) is 6.04 Å². The van der Waals surface area contributed by atoms with Crippen molar-refractivity contribution in [1.82, 2.24) is 4.90 Å². The minimum atomic E-state index is 0.00692. The van der Waals surface area contributed by atoms with Crippen molar-refractivity contribution in [2.24, 2.45) is 5.73 Å². The Balaban J connectivity index is 1.41. The van der Waals surface area contributed by atoms with Crippen molar-refractivity contribution in [3.8, 4) is 0 Å². The number of thioether (sulfide) groups is 1. The van der Waals surface area contributed by atoms with Crippen LogP contribution in [0.2, 0.25) is 0 Å². The molecular weight excluding hydrogens is 316 g/mol. The molecule has 0 saturated carbocycles. The second kappa shape index (κ2) is 6.67. The zero-order valence-corrected chi connectivity index (χ0v) is 14.6. The number of rotatable bonds is 3. The number of hydrogen-bond donors (Lipinski definition) is 2. The molecular formula is C19H24N4S. The Bertz CT molecular complexity index is 698. The molecule has 0 bridgehead atoms. The summed E-state index contributed by atoms with van der Waals surface area (Å²) in [6.07, 6.45) is 2.32. The van der Waals surface area contributed by atoms with Gasteiger partial charge in [-0.25, -0.2) is 0 Å². The highest BCUT2D eigenvalue weighted by Gasteiger charge is 2.34. The lowest BCUT2D eigenvalue weighted by Gasteiger charge is -2.39. The van der Waals surface area contributed by atoms with Crippen molar-refractivity contribution >= 4 is 23.1 Å². The lowest BCUT2D eigenvalue weighted by atomic mass is 10.0. The van der Waals surface area contributed by atoms with Gasteiger partial charge in [-0.05, 0) is 36.6 Å². The van der Waals surface area contributed by atoms with E-state index in [1.165, 1.54) is 16.1 Å². The molecule has 4 nitrogen and oxygen atoms in total. The summed E-state index contributed by atoms with van der Waals surface area (Å²) in [5.41, 5.74) is 15.8. The second-order valence-corrected chi connectivity index (χ2v) is 7.79. The van der Waals surface area contributed by atoms with Crippen LogP contribution in [0.15, 0.2) is 53.4 Å². The summed E-state index contributed by atoms with van der Waals surface area (Å²) < 4.78 is 0. The Morgan fingerprint density at radius 1 is 1.04 bits per heavy atom. The smallest absolute Gasteiger partial charge is 0.130 e. The molecule has 1 atom stereocenters. The first-order valence-electron chi connectivity index (χ1n) is 8.57. The van der Waals surface area contributed by atoms with E-state index in [-0.39, 0.29) is 5.50 Å². The van der Waals surface area contributed by atoms with Gasteiger partial charge in [-0.3, -0.25) is 4.90 Å². The van der Waals surface area contributed by atoms with Gasteiger partial charge in [0.25, 0.3) is 0 Å². The van der Waals surface area contributed by atoms with Crippen molar-refractivity contribution in [2.75, 3.05) is 23.7 Å². The van der Waals surface area contributed by atoms with Gasteiger partial charge in [0.1, 0.15) is 5.50 Å². The summed E-state index contributed by atoms with van der Waals surface area (Å²) in [6, 6.07) is 17.4. The molecule has 2 aliphatic rings. The molecule has 1 saturated heterocycles. The lowest BCUT2D eigenvalue weighted by Crippen LogP contribution is -2.49. The maximum atomic E-state index is 6.40. The van der Waals surface area contributed by atoms with Crippen molar-refractivity contribution in [3.05, 3.63) is 54.1 Å². The van der Waals surface area contributed by atoms with Crippen LogP contribution >= 0.6 is 11.8 Å². The first kappa shape index (κ1) is 15.8. The Kier molecular flexibility index (Phi) is 4.39. The number of fused-ring (bicyclic) bond motifs is 1. The molecule has 4 rings (SSSR count). The molecule has 2 aromatic carbocycles. The molecule has 2 aliphatic heterocycles. The summed E-state index contributed by atoms with van der Waals surface area (Å²) >= 11 is 1.72. The maximum Gasteiger partial charge on any atom is 0.130 e. The highest BCUT2D eigenvalue weighted by molar-refractivity contribution is 8.00. The fourth-order valence-electron chi connectivity index (χ4n) is 3.76. The molecule has 0 aliphatic carbocycles. The maximum absolute atomic E-state index is 6.40. The van der Waals surface area contributed by atoms with E-state index in [1.807, 2.05) is 12.1 Å². The van der Waals surface area contributed by atoms with Crippen molar-refractivity contribution in [1.29, 1.82) is 0 Å². The molecule has 0 radical (unpaired) electrons. The molecule has 126 valence electrons. The zero-order valence-electron chi connectivity index (χ0n) is 13.8. The third-order valence-corrected chi connectivity index (χ3v) is 6.03. The minimum absolute atomic E-state index is 0.00692. The molecule has 1 unspecified atom stereocenters. The first-order valence-corrected chi connectivity index (χ1v) is 9.45. The Labute approximate surface area is 147 Å². The fraction of sp³-hybridized carbons (Fsp3) is 0.368. The van der Waals surface area contributed by atoms with E-state index in [9.17, 15) is 0 Å². The van der Waals surface area contributed by atoms with E-state index < -0.39 is 0 Å². The van der Waals surface area contributed by atoms with Crippen LogP contribution in [0.4, 0.5) is 11.4 Å². The Morgan fingerprint density at radius 2 is 1.79 bits per heavy atom. The van der Waals surface area contributed by atoms with Gasteiger partial charge < -0.3 is 16.4 Å². The number of hydrogen-bond acceptors (Lipinski definition) is 5. The Morgan fingerprint density at radius 3 is 2.54 bits per heavy atom. The van der Waals surface area contributed by atoms with Gasteiger partial charge >= 0.3 is 0 Å². The topological polar surface area (TPSA) is 58.5 Å². The average molecular weight is 340 g/mol. The number of anilines is 2. The second-order valence-electron chi connectivity index (χ2n) is 6.64. The molecule has 1 fully saturated rings. The zero-order chi connectivity index (χ0) is 16.5. The van der Waals surface area contributed by atoms with Crippen molar-refractivity contribution in [3.63, 3.8) is 0 Å². The normalized spacial score (nSPS) is 21.9. The summed E-state index contributed by atoms with van der Waals surface area (Å²) in [7, 11) is 0. The van der Waals surface area contributed by atoms with E-state index in [2.05, 4.69) is 46.2 Å². The van der Waals surface area contributed by atoms with Crippen LogP contribution in [0.25, 0.3) is 0 Å². The van der Waals surface area contributed by atoms with Crippen LogP contribution in [0.1, 0.15) is 18.4 Å². The molecule has 0 aromatic heterocycles. The average Bonchev–Trinajstić information content (AvgIpc) is 2.91. The molecule has 24 heavy (non-hydrogen) atoms. The standard InChI is InChI=1S/C19H24N4S/c20-15-6-7-17-18(12-15)24-19(21)23(17)16-8-10-22(11-9-16)13-14-4-2-1-3-5-14/h1-7,12,16,19H,8-11,13,20-21H2. The van der Waals surface area contributed by atoms with Gasteiger partial charge in [-0.1, -0.05) is 42.1 Å². The number of benzene rings is 2. The van der Waals surface area contributed by atoms with Crippen LogP contribution < -0.4 is 16.4 Å². The quantitative estimate of drug-likeness (QED) is 0.841. The third kappa shape index (κ3) is 3.11. The van der Waals surface area contributed by atoms with Gasteiger partial charge in [-0.15, -0.1) is 0 Å². The largest absolute Gasteiger partial charge is 0.399 e. The van der Waals surface area contributed by atoms with Gasteiger partial charge in [0.2, 0.25) is 0 Å². The van der Waals surface area contributed by atoms with Crippen molar-refractivity contribution < 1.29 is 0 Å². The van der Waals surface area contributed by atoms with Crippen LogP contribution in [-0.2, 0) is 6.54 Å². The minimum Gasteiger partial charge on any atom is -0.399 e. The van der Waals surface area contributed by atoms with Gasteiger partial charge in [0.05, 0.1) is 5.69 Å². The number of nitrogens with zero attached hydrogens (tertiary/aromatic N) is 2. The summed E-state index contributed by atoms with van der Waals surface area (Å²) in [6.45, 7) is 3.29. The highest BCUT2D eigenvalue weighted by Crippen LogP contribution is 2.44. The molecule has 0 spiro atoms. The predicted molar refractivity (Wildman–Crippen MR) is 102 cm³/mol. The molecule has 2 heterocycles. The van der Waals surface area contributed by atoms with Gasteiger partial charge in [-0.2, -0.15) is 0 Å². The number of nitrogens with two attached hydrogens (primary N) is 2. The van der Waals surface area contributed by atoms with Crippen molar-refractivity contribution in [2.45, 2.75) is 35.8 Å². The van der Waals surface area contributed by atoms with Gasteiger partial charge in [0, 0.05) is 36.3 Å². The molecule has 0 amide bonds.